The number of carbonyl (C=O) groups is 1. The Morgan fingerprint density at radius 1 is 0.905 bits per heavy atom. The third kappa shape index (κ3) is 6.79. The number of hydrogen-bond acceptors (Lipinski definition) is 7. The number of para-hydroxylation sites is 2. The van der Waals surface area contributed by atoms with Crippen LogP contribution < -0.4 is 29.0 Å². The Bertz CT molecular complexity index is 1520. The van der Waals surface area contributed by atoms with Crippen molar-refractivity contribution in [2.45, 2.75) is 39.3 Å². The van der Waals surface area contributed by atoms with Gasteiger partial charge in [-0.2, -0.15) is 0 Å². The summed E-state index contributed by atoms with van der Waals surface area (Å²) in [5, 5.41) is 3.09. The van der Waals surface area contributed by atoms with Gasteiger partial charge in [-0.3, -0.25) is 4.79 Å². The van der Waals surface area contributed by atoms with Crippen molar-refractivity contribution in [3.63, 3.8) is 0 Å². The smallest absolute Gasteiger partial charge is 0.252 e. The topological polar surface area (TPSA) is 93.1 Å². The molecule has 42 heavy (non-hydrogen) atoms. The maximum Gasteiger partial charge on any atom is 0.252 e. The van der Waals surface area contributed by atoms with Crippen LogP contribution in [0.5, 0.6) is 28.7 Å². The summed E-state index contributed by atoms with van der Waals surface area (Å²) in [6.45, 7) is 5.19. The Balaban J connectivity index is 1.45. The Morgan fingerprint density at radius 2 is 1.62 bits per heavy atom. The number of amides is 1. The Hall–Kier alpha value is -4.66. The molecule has 4 aromatic rings. The van der Waals surface area contributed by atoms with Crippen LogP contribution in [0.4, 0.5) is 0 Å². The van der Waals surface area contributed by atoms with Crippen molar-refractivity contribution in [1.29, 1.82) is 0 Å². The van der Waals surface area contributed by atoms with Crippen molar-refractivity contribution in [3.8, 4) is 28.7 Å². The van der Waals surface area contributed by atoms with Crippen LogP contribution in [0.3, 0.4) is 0 Å². The van der Waals surface area contributed by atoms with E-state index in [1.807, 2.05) is 68.5 Å². The number of imidazole rings is 1. The first-order valence-corrected chi connectivity index (χ1v) is 13.9. The van der Waals surface area contributed by atoms with Crippen LogP contribution in [0.1, 0.15) is 54.5 Å². The van der Waals surface area contributed by atoms with Crippen molar-refractivity contribution < 1.29 is 28.5 Å². The minimum absolute atomic E-state index is 0.275. The highest BCUT2D eigenvalue weighted by molar-refractivity contribution is 5.96. The average Bonchev–Trinajstić information content (AvgIpc) is 3.39. The number of unbranched alkanes of at least 4 members (excludes halogenated alkanes) is 1. The fourth-order valence-electron chi connectivity index (χ4n) is 4.87. The van der Waals surface area contributed by atoms with Crippen LogP contribution in [0.2, 0.25) is 0 Å². The van der Waals surface area contributed by atoms with E-state index in [4.69, 9.17) is 28.7 Å². The van der Waals surface area contributed by atoms with E-state index >= 15 is 0 Å². The zero-order valence-corrected chi connectivity index (χ0v) is 25.1. The highest BCUT2D eigenvalue weighted by atomic mass is 16.5. The van der Waals surface area contributed by atoms with Gasteiger partial charge in [0.2, 0.25) is 5.75 Å². The lowest BCUT2D eigenvalue weighted by Gasteiger charge is -2.18. The first kappa shape index (κ1) is 30.3. The number of hydrogen-bond donors (Lipinski definition) is 1. The number of nitrogens with one attached hydrogen (secondary N) is 1. The number of allylic oxidation sites excluding steroid dienone is 1. The monoisotopic (exact) mass is 573 g/mol. The maximum atomic E-state index is 13.3. The largest absolute Gasteiger partial charge is 0.493 e. The Morgan fingerprint density at radius 3 is 2.29 bits per heavy atom. The molecule has 1 heterocycles. The zero-order valence-electron chi connectivity index (χ0n) is 25.1. The molecule has 0 bridgehead atoms. The van der Waals surface area contributed by atoms with Gasteiger partial charge in [0.1, 0.15) is 5.82 Å². The van der Waals surface area contributed by atoms with Gasteiger partial charge in [-0.05, 0) is 68.7 Å². The molecule has 1 aromatic heterocycles. The van der Waals surface area contributed by atoms with Crippen molar-refractivity contribution in [2.24, 2.45) is 0 Å². The van der Waals surface area contributed by atoms with Crippen LogP contribution in [-0.2, 0) is 6.54 Å². The zero-order chi connectivity index (χ0) is 30.1. The van der Waals surface area contributed by atoms with Gasteiger partial charge in [0.05, 0.1) is 52.1 Å². The number of aromatic nitrogens is 2. The van der Waals surface area contributed by atoms with Crippen LogP contribution in [-0.4, -0.2) is 50.5 Å². The second-order valence-corrected chi connectivity index (χ2v) is 9.69. The lowest BCUT2D eigenvalue weighted by Crippen LogP contribution is -2.29. The van der Waals surface area contributed by atoms with Crippen molar-refractivity contribution in [3.05, 3.63) is 77.6 Å². The molecule has 0 aliphatic rings. The molecular weight excluding hydrogens is 534 g/mol. The molecule has 0 aliphatic carbocycles. The molecule has 9 nitrogen and oxygen atoms in total. The molecule has 0 spiro atoms. The quantitative estimate of drug-likeness (QED) is 0.173. The second kappa shape index (κ2) is 14.3. The lowest BCUT2D eigenvalue weighted by molar-refractivity contribution is 0.0936. The number of aryl methyl sites for hydroxylation is 1. The van der Waals surface area contributed by atoms with Crippen LogP contribution in [0, 0.1) is 0 Å². The van der Waals surface area contributed by atoms with Gasteiger partial charge in [-0.15, -0.1) is 0 Å². The molecule has 0 aliphatic heterocycles. The van der Waals surface area contributed by atoms with Gasteiger partial charge in [-0.25, -0.2) is 4.98 Å². The molecule has 222 valence electrons. The van der Waals surface area contributed by atoms with Crippen LogP contribution in [0.15, 0.2) is 60.7 Å². The summed E-state index contributed by atoms with van der Waals surface area (Å²) < 4.78 is 29.9. The number of ether oxygens (including phenoxy) is 5. The van der Waals surface area contributed by atoms with Crippen LogP contribution >= 0.6 is 0 Å². The normalized spacial score (nSPS) is 11.9. The minimum atomic E-state index is -0.361. The van der Waals surface area contributed by atoms with Crippen molar-refractivity contribution in [2.75, 3.05) is 35.0 Å². The SMILES string of the molecule is C/C=C/c1ccc(OCCCCn2c(C(C)NC(=O)c3cc(OC)c(OC)c(OC)c3)nc3ccccc32)c(OC)c1. The Kier molecular flexibility index (Phi) is 10.3. The fraction of sp³-hybridized carbons (Fsp3) is 0.333. The molecular formula is C33H39N3O6. The van der Waals surface area contributed by atoms with Gasteiger partial charge in [0, 0.05) is 12.1 Å². The van der Waals surface area contributed by atoms with E-state index in [0.717, 1.165) is 47.6 Å². The molecule has 1 amide bonds. The number of nitrogens with zero attached hydrogens (tertiary/aromatic N) is 2. The summed E-state index contributed by atoms with van der Waals surface area (Å²) >= 11 is 0. The van der Waals surface area contributed by atoms with Crippen molar-refractivity contribution >= 4 is 23.0 Å². The Labute approximate surface area is 247 Å². The van der Waals surface area contributed by atoms with E-state index in [1.54, 1.807) is 19.2 Å². The summed E-state index contributed by atoms with van der Waals surface area (Å²) in [6, 6.07) is 16.8. The van der Waals surface area contributed by atoms with Gasteiger partial charge in [0.15, 0.2) is 23.0 Å². The number of fused-ring (bicyclic) bond motifs is 1. The van der Waals surface area contributed by atoms with Crippen LogP contribution in [0.25, 0.3) is 17.1 Å². The summed E-state index contributed by atoms with van der Waals surface area (Å²) in [5.41, 5.74) is 3.35. The molecule has 9 heteroatoms. The summed E-state index contributed by atoms with van der Waals surface area (Å²) in [4.78, 5) is 18.2. The van der Waals surface area contributed by atoms with E-state index in [2.05, 4.69) is 9.88 Å². The van der Waals surface area contributed by atoms with E-state index in [-0.39, 0.29) is 11.9 Å². The van der Waals surface area contributed by atoms with E-state index in [1.165, 1.54) is 21.3 Å². The predicted octanol–water partition coefficient (Wildman–Crippen LogP) is 6.45. The highest BCUT2D eigenvalue weighted by Gasteiger charge is 2.22. The van der Waals surface area contributed by atoms with Gasteiger partial charge < -0.3 is 33.6 Å². The number of methoxy groups -OCH3 is 4. The molecule has 1 unspecified atom stereocenters. The number of carbonyl (C=O) groups excluding carboxylic acids is 1. The first-order chi connectivity index (χ1) is 20.4. The molecule has 3 aromatic carbocycles. The van der Waals surface area contributed by atoms with Gasteiger partial charge >= 0.3 is 0 Å². The predicted molar refractivity (Wildman–Crippen MR) is 164 cm³/mol. The fourth-order valence-corrected chi connectivity index (χ4v) is 4.87. The lowest BCUT2D eigenvalue weighted by atomic mass is 10.1. The van der Waals surface area contributed by atoms with Crippen molar-refractivity contribution in [1.82, 2.24) is 14.9 Å². The standard InChI is InChI=1S/C33H39N3O6/c1-7-12-23-15-16-27(28(19-23)38-3)42-18-11-10-17-36-26-14-9-8-13-25(26)35-32(36)22(2)34-33(37)24-20-29(39-4)31(41-6)30(21-24)40-5/h7-9,12-16,19-22H,10-11,17-18H2,1-6H3,(H,34,37)/b12-7+. The summed E-state index contributed by atoms with van der Waals surface area (Å²) in [5.74, 6) is 3.19. The highest BCUT2D eigenvalue weighted by Crippen LogP contribution is 2.38. The maximum absolute atomic E-state index is 13.3. The van der Waals surface area contributed by atoms with Gasteiger partial charge in [0.25, 0.3) is 5.91 Å². The minimum Gasteiger partial charge on any atom is -0.493 e. The summed E-state index contributed by atoms with van der Waals surface area (Å²) in [6.07, 6.45) is 5.70. The molecule has 1 atom stereocenters. The number of rotatable bonds is 14. The third-order valence-corrected chi connectivity index (χ3v) is 6.93. The molecule has 1 N–H and O–H groups in total. The van der Waals surface area contributed by atoms with E-state index in [0.29, 0.717) is 35.2 Å². The summed E-state index contributed by atoms with van der Waals surface area (Å²) in [7, 11) is 6.21. The van der Waals surface area contributed by atoms with E-state index in [9.17, 15) is 4.79 Å². The molecule has 0 saturated heterocycles. The number of benzene rings is 3. The second-order valence-electron chi connectivity index (χ2n) is 9.69. The van der Waals surface area contributed by atoms with Gasteiger partial charge in [-0.1, -0.05) is 30.4 Å². The molecule has 4 rings (SSSR count). The molecule has 0 saturated carbocycles. The molecule has 0 fully saturated rings. The first-order valence-electron chi connectivity index (χ1n) is 13.9. The molecule has 0 radical (unpaired) electrons. The average molecular weight is 574 g/mol. The van der Waals surface area contributed by atoms with E-state index < -0.39 is 0 Å². The third-order valence-electron chi connectivity index (χ3n) is 6.93.